The Morgan fingerprint density at radius 1 is 1.28 bits per heavy atom. The summed E-state index contributed by atoms with van der Waals surface area (Å²) in [6, 6.07) is 12.3. The molecule has 0 radical (unpaired) electrons. The van der Waals surface area contributed by atoms with Gasteiger partial charge in [0.2, 0.25) is 5.91 Å². The van der Waals surface area contributed by atoms with Crippen LogP contribution >= 0.6 is 0 Å². The summed E-state index contributed by atoms with van der Waals surface area (Å²) in [5.41, 5.74) is 0.627. The van der Waals surface area contributed by atoms with Gasteiger partial charge in [0, 0.05) is 18.7 Å². The number of nitro benzene ring substituents is 1. The number of rotatable bonds is 7. The Balaban J connectivity index is 2.07. The number of carbonyl (C=O) groups excluding carboxylic acids is 1. The minimum atomic E-state index is -0.582. The van der Waals surface area contributed by atoms with Crippen LogP contribution in [0.25, 0.3) is 0 Å². The average Bonchev–Trinajstić information content (AvgIpc) is 2.61. The number of nitriles is 1. The van der Waals surface area contributed by atoms with Gasteiger partial charge in [0.05, 0.1) is 18.0 Å². The number of nitrogens with one attached hydrogen (secondary N) is 1. The summed E-state index contributed by atoms with van der Waals surface area (Å²) in [5, 5.41) is 31.1. The summed E-state index contributed by atoms with van der Waals surface area (Å²) in [7, 11) is 0. The van der Waals surface area contributed by atoms with Gasteiger partial charge in [-0.15, -0.1) is 0 Å². The number of aliphatic hydroxyl groups excluding tert-OH is 1. The molecule has 25 heavy (non-hydrogen) atoms. The maximum absolute atomic E-state index is 11.6. The summed E-state index contributed by atoms with van der Waals surface area (Å²) >= 11 is 0. The van der Waals surface area contributed by atoms with Gasteiger partial charge in [-0.25, -0.2) is 0 Å². The quantitative estimate of drug-likeness (QED) is 0.585. The topological polar surface area (TPSA) is 125 Å². The number of amides is 1. The van der Waals surface area contributed by atoms with E-state index in [1.54, 1.807) is 24.3 Å². The van der Waals surface area contributed by atoms with Gasteiger partial charge < -0.3 is 15.2 Å². The predicted molar refractivity (Wildman–Crippen MR) is 88.1 cm³/mol. The number of benzene rings is 2. The van der Waals surface area contributed by atoms with Gasteiger partial charge in [0.15, 0.2) is 0 Å². The molecule has 0 saturated carbocycles. The van der Waals surface area contributed by atoms with Crippen LogP contribution in [0.1, 0.15) is 11.1 Å². The van der Waals surface area contributed by atoms with Crippen molar-refractivity contribution in [2.75, 3.05) is 13.2 Å². The molecule has 8 heteroatoms. The predicted octanol–water partition coefficient (Wildman–Crippen LogP) is 1.91. The molecule has 2 N–H and O–H groups in total. The molecule has 0 aliphatic heterocycles. The largest absolute Gasteiger partial charge is 0.456 e. The van der Waals surface area contributed by atoms with Crippen molar-refractivity contribution < 1.29 is 19.6 Å². The van der Waals surface area contributed by atoms with Crippen molar-refractivity contribution in [2.24, 2.45) is 0 Å². The molecule has 2 rings (SSSR count). The summed E-state index contributed by atoms with van der Waals surface area (Å²) in [5.74, 6) is 0.441. The second kappa shape index (κ2) is 8.42. The van der Waals surface area contributed by atoms with Crippen molar-refractivity contribution in [3.63, 3.8) is 0 Å². The Bertz CT molecular complexity index is 812. The number of aliphatic hydroxyl groups is 1. The van der Waals surface area contributed by atoms with Gasteiger partial charge in [-0.1, -0.05) is 12.1 Å². The van der Waals surface area contributed by atoms with Crippen molar-refractivity contribution >= 4 is 11.6 Å². The highest BCUT2D eigenvalue weighted by Crippen LogP contribution is 2.28. The van der Waals surface area contributed by atoms with Gasteiger partial charge in [0.25, 0.3) is 5.69 Å². The molecule has 0 atom stereocenters. The third-order valence-electron chi connectivity index (χ3n) is 3.24. The van der Waals surface area contributed by atoms with E-state index >= 15 is 0 Å². The van der Waals surface area contributed by atoms with Gasteiger partial charge in [0.1, 0.15) is 23.1 Å². The van der Waals surface area contributed by atoms with Crippen LogP contribution in [-0.2, 0) is 11.2 Å². The first-order valence-corrected chi connectivity index (χ1v) is 7.36. The summed E-state index contributed by atoms with van der Waals surface area (Å²) in [6.07, 6.45) is 0.168. The number of non-ortho nitro benzene ring substituents is 1. The highest BCUT2D eigenvalue weighted by Gasteiger charge is 2.12. The van der Waals surface area contributed by atoms with E-state index in [1.165, 1.54) is 12.1 Å². The molecular formula is C17H15N3O5. The van der Waals surface area contributed by atoms with Crippen molar-refractivity contribution in [3.05, 3.63) is 63.7 Å². The van der Waals surface area contributed by atoms with E-state index in [-0.39, 0.29) is 42.5 Å². The average molecular weight is 341 g/mol. The summed E-state index contributed by atoms with van der Waals surface area (Å²) < 4.78 is 5.58. The number of nitro groups is 1. The van der Waals surface area contributed by atoms with E-state index in [9.17, 15) is 14.9 Å². The van der Waals surface area contributed by atoms with Crippen molar-refractivity contribution in [3.8, 4) is 17.6 Å². The van der Waals surface area contributed by atoms with Crippen molar-refractivity contribution in [1.82, 2.24) is 5.32 Å². The number of ether oxygens (including phenoxy) is 1. The first kappa shape index (κ1) is 17.9. The molecule has 0 heterocycles. The molecule has 1 amide bonds. The van der Waals surface area contributed by atoms with Crippen molar-refractivity contribution in [1.29, 1.82) is 5.26 Å². The van der Waals surface area contributed by atoms with E-state index in [1.807, 2.05) is 6.07 Å². The van der Waals surface area contributed by atoms with Gasteiger partial charge in [-0.2, -0.15) is 5.26 Å². The standard InChI is InChI=1S/C17H15N3O5/c18-11-13-10-14(20(23)24)3-6-16(13)25-15-4-1-12(2-5-15)9-17(22)19-7-8-21/h1-6,10,21H,7-9H2,(H,19,22). The number of hydrogen-bond donors (Lipinski definition) is 2. The van der Waals surface area contributed by atoms with Crippen LogP contribution in [0.15, 0.2) is 42.5 Å². The minimum absolute atomic E-state index is 0.0571. The smallest absolute Gasteiger partial charge is 0.271 e. The van der Waals surface area contributed by atoms with E-state index in [4.69, 9.17) is 15.1 Å². The van der Waals surface area contributed by atoms with Gasteiger partial charge in [-0.05, 0) is 23.8 Å². The Hall–Kier alpha value is -3.44. The Morgan fingerprint density at radius 2 is 2.00 bits per heavy atom. The lowest BCUT2D eigenvalue weighted by Gasteiger charge is -2.08. The molecule has 0 saturated heterocycles. The van der Waals surface area contributed by atoms with Crippen LogP contribution in [-0.4, -0.2) is 29.1 Å². The Labute approximate surface area is 143 Å². The normalized spacial score (nSPS) is 9.92. The fourth-order valence-electron chi connectivity index (χ4n) is 2.05. The third-order valence-corrected chi connectivity index (χ3v) is 3.24. The van der Waals surface area contributed by atoms with E-state index in [0.717, 1.165) is 11.6 Å². The lowest BCUT2D eigenvalue weighted by atomic mass is 10.1. The van der Waals surface area contributed by atoms with Crippen molar-refractivity contribution in [2.45, 2.75) is 6.42 Å². The lowest BCUT2D eigenvalue weighted by Crippen LogP contribution is -2.27. The highest BCUT2D eigenvalue weighted by atomic mass is 16.6. The van der Waals surface area contributed by atoms with E-state index in [0.29, 0.717) is 5.75 Å². The first-order chi connectivity index (χ1) is 12.0. The third kappa shape index (κ3) is 5.02. The monoisotopic (exact) mass is 341 g/mol. The molecule has 0 aliphatic rings. The molecular weight excluding hydrogens is 326 g/mol. The Morgan fingerprint density at radius 3 is 2.60 bits per heavy atom. The highest BCUT2D eigenvalue weighted by molar-refractivity contribution is 5.78. The molecule has 0 unspecified atom stereocenters. The second-order valence-electron chi connectivity index (χ2n) is 5.05. The van der Waals surface area contributed by atoms with Gasteiger partial charge >= 0.3 is 0 Å². The molecule has 0 spiro atoms. The van der Waals surface area contributed by atoms with Crippen LogP contribution in [0.2, 0.25) is 0 Å². The van der Waals surface area contributed by atoms with Crippen LogP contribution in [0.4, 0.5) is 5.69 Å². The molecule has 0 bridgehead atoms. The minimum Gasteiger partial charge on any atom is -0.456 e. The maximum atomic E-state index is 11.6. The molecule has 0 aromatic heterocycles. The zero-order valence-corrected chi connectivity index (χ0v) is 13.1. The zero-order valence-electron chi connectivity index (χ0n) is 13.1. The first-order valence-electron chi connectivity index (χ1n) is 7.36. The van der Waals surface area contributed by atoms with Crippen LogP contribution in [0, 0.1) is 21.4 Å². The number of nitrogens with zero attached hydrogens (tertiary/aromatic N) is 2. The SMILES string of the molecule is N#Cc1cc([N+](=O)[O-])ccc1Oc1ccc(CC(=O)NCCO)cc1. The maximum Gasteiger partial charge on any atom is 0.271 e. The molecule has 0 aliphatic carbocycles. The van der Waals surface area contributed by atoms with E-state index in [2.05, 4.69) is 5.32 Å². The fourth-order valence-corrected chi connectivity index (χ4v) is 2.05. The lowest BCUT2D eigenvalue weighted by molar-refractivity contribution is -0.384. The fraction of sp³-hybridized carbons (Fsp3) is 0.176. The molecule has 0 fully saturated rings. The molecule has 2 aromatic rings. The Kier molecular flexibility index (Phi) is 6.03. The van der Waals surface area contributed by atoms with E-state index < -0.39 is 4.92 Å². The van der Waals surface area contributed by atoms with Crippen LogP contribution in [0.5, 0.6) is 11.5 Å². The summed E-state index contributed by atoms with van der Waals surface area (Å²) in [4.78, 5) is 21.7. The van der Waals surface area contributed by atoms with Crippen LogP contribution in [0.3, 0.4) is 0 Å². The summed E-state index contributed by atoms with van der Waals surface area (Å²) in [6.45, 7) is 0.0894. The second-order valence-corrected chi connectivity index (χ2v) is 5.05. The molecule has 8 nitrogen and oxygen atoms in total. The van der Waals surface area contributed by atoms with Gasteiger partial charge in [-0.3, -0.25) is 14.9 Å². The zero-order chi connectivity index (χ0) is 18.2. The van der Waals surface area contributed by atoms with Crippen LogP contribution < -0.4 is 10.1 Å². The number of hydrogen-bond acceptors (Lipinski definition) is 6. The molecule has 128 valence electrons. The molecule has 2 aromatic carbocycles. The number of carbonyl (C=O) groups is 1.